The van der Waals surface area contributed by atoms with Crippen LogP contribution in [0.3, 0.4) is 0 Å². The summed E-state index contributed by atoms with van der Waals surface area (Å²) in [6.45, 7) is 6.46. The smallest absolute Gasteiger partial charge is 0.307 e. The number of esters is 1. The molecule has 140 valence electrons. The Kier molecular flexibility index (Phi) is 6.68. The number of aryl methyl sites for hydroxylation is 2. The van der Waals surface area contributed by atoms with Gasteiger partial charge in [-0.15, -0.1) is 22.7 Å². The third kappa shape index (κ3) is 4.45. The predicted molar refractivity (Wildman–Crippen MR) is 111 cm³/mol. The largest absolute Gasteiger partial charge is 0.469 e. The van der Waals surface area contributed by atoms with Crippen molar-refractivity contribution in [3.63, 3.8) is 0 Å². The quantitative estimate of drug-likeness (QED) is 0.604. The lowest BCUT2D eigenvalue weighted by Gasteiger charge is -2.23. The second-order valence-electron chi connectivity index (χ2n) is 6.88. The molecule has 0 saturated carbocycles. The molecule has 2 aromatic rings. The number of likely N-dealkylation sites (tertiary alicyclic amines) is 1. The normalized spacial score (nSPS) is 17.4. The van der Waals surface area contributed by atoms with E-state index in [1.807, 2.05) is 22.7 Å². The Morgan fingerprint density at radius 1 is 1.23 bits per heavy atom. The van der Waals surface area contributed by atoms with Crippen molar-refractivity contribution in [1.82, 2.24) is 4.90 Å². The van der Waals surface area contributed by atoms with Crippen LogP contribution in [-0.2, 0) is 9.53 Å². The van der Waals surface area contributed by atoms with Crippen molar-refractivity contribution >= 4 is 34.2 Å². The zero-order valence-electron chi connectivity index (χ0n) is 15.8. The van der Waals surface area contributed by atoms with Crippen molar-refractivity contribution in [2.24, 2.45) is 0 Å². The molecule has 0 aromatic carbocycles. The maximum absolute atomic E-state index is 11.6. The summed E-state index contributed by atoms with van der Waals surface area (Å²) >= 11 is 3.65. The van der Waals surface area contributed by atoms with Crippen molar-refractivity contribution in [2.45, 2.75) is 45.6 Å². The van der Waals surface area contributed by atoms with Crippen LogP contribution in [-0.4, -0.2) is 37.1 Å². The van der Waals surface area contributed by atoms with E-state index in [1.165, 1.54) is 40.0 Å². The lowest BCUT2D eigenvalue weighted by molar-refractivity contribution is -0.141. The molecule has 0 N–H and O–H groups in total. The first kappa shape index (κ1) is 19.3. The maximum atomic E-state index is 11.6. The van der Waals surface area contributed by atoms with Gasteiger partial charge in [0.05, 0.1) is 13.5 Å². The van der Waals surface area contributed by atoms with Crippen LogP contribution in [0.4, 0.5) is 0 Å². The highest BCUT2D eigenvalue weighted by Gasteiger charge is 2.26. The fourth-order valence-electron chi connectivity index (χ4n) is 3.66. The van der Waals surface area contributed by atoms with Gasteiger partial charge in [-0.25, -0.2) is 0 Å². The first-order valence-corrected chi connectivity index (χ1v) is 11.0. The Morgan fingerprint density at radius 3 is 2.42 bits per heavy atom. The predicted octanol–water partition coefficient (Wildman–Crippen LogP) is 5.28. The molecule has 3 rings (SSSR count). The summed E-state index contributed by atoms with van der Waals surface area (Å²) in [6.07, 6.45) is 6.18. The number of methoxy groups -OCH3 is 1. The molecular weight excluding hydrogens is 362 g/mol. The molecule has 5 heteroatoms. The lowest BCUT2D eigenvalue weighted by atomic mass is 10.1. The number of thiophene rings is 2. The Morgan fingerprint density at radius 2 is 1.88 bits per heavy atom. The molecule has 0 unspecified atom stereocenters. The average Bonchev–Trinajstić information content (AvgIpc) is 3.35. The van der Waals surface area contributed by atoms with E-state index in [4.69, 9.17) is 4.74 Å². The van der Waals surface area contributed by atoms with E-state index in [-0.39, 0.29) is 5.97 Å². The summed E-state index contributed by atoms with van der Waals surface area (Å²) in [5.41, 5.74) is 4.06. The summed E-state index contributed by atoms with van der Waals surface area (Å²) in [5, 5.41) is 4.35. The van der Waals surface area contributed by atoms with Crippen LogP contribution in [0.1, 0.15) is 46.6 Å². The van der Waals surface area contributed by atoms with Crippen LogP contribution in [0, 0.1) is 13.8 Å². The molecule has 2 aromatic heterocycles. The Balaban J connectivity index is 1.72. The molecule has 0 amide bonds. The minimum atomic E-state index is -0.0958. The van der Waals surface area contributed by atoms with Gasteiger partial charge in [0.25, 0.3) is 0 Å². The van der Waals surface area contributed by atoms with Gasteiger partial charge in [0.2, 0.25) is 0 Å². The van der Waals surface area contributed by atoms with E-state index in [0.717, 1.165) is 25.9 Å². The zero-order chi connectivity index (χ0) is 18.5. The fourth-order valence-corrected chi connectivity index (χ4v) is 5.67. The van der Waals surface area contributed by atoms with Gasteiger partial charge in [0.1, 0.15) is 0 Å². The topological polar surface area (TPSA) is 29.5 Å². The van der Waals surface area contributed by atoms with Crippen molar-refractivity contribution in [2.75, 3.05) is 20.2 Å². The number of carbonyl (C=O) groups is 1. The first-order valence-electron chi connectivity index (χ1n) is 9.20. The Hall–Kier alpha value is -1.43. The van der Waals surface area contributed by atoms with E-state index in [2.05, 4.69) is 47.7 Å². The molecule has 3 nitrogen and oxygen atoms in total. The maximum Gasteiger partial charge on any atom is 0.307 e. The van der Waals surface area contributed by atoms with Gasteiger partial charge in [0.15, 0.2) is 0 Å². The fraction of sp³-hybridized carbons (Fsp3) is 0.476. The van der Waals surface area contributed by atoms with Gasteiger partial charge < -0.3 is 4.74 Å². The van der Waals surface area contributed by atoms with E-state index in [0.29, 0.717) is 12.5 Å². The number of ether oxygens (including phenoxy) is 1. The molecule has 0 bridgehead atoms. The molecule has 0 radical (unpaired) electrons. The number of hydrogen-bond acceptors (Lipinski definition) is 5. The van der Waals surface area contributed by atoms with Gasteiger partial charge >= 0.3 is 5.97 Å². The van der Waals surface area contributed by atoms with E-state index in [9.17, 15) is 4.79 Å². The summed E-state index contributed by atoms with van der Waals surface area (Å²) in [4.78, 5) is 16.8. The minimum absolute atomic E-state index is 0.0958. The van der Waals surface area contributed by atoms with Crippen molar-refractivity contribution in [3.05, 3.63) is 49.9 Å². The monoisotopic (exact) mass is 389 g/mol. The number of hydrogen-bond donors (Lipinski definition) is 0. The lowest BCUT2D eigenvalue weighted by Crippen LogP contribution is -2.32. The standard InChI is InChI=1S/C21H27NO2S2/c1-15-8-12-25-20(15)18(21-16(2)9-13-26-21)7-5-11-22-10-4-6-17(22)14-19(23)24-3/h7-9,12-13,17H,4-6,10-11,14H2,1-3H3/t17-/m0/s1. The van der Waals surface area contributed by atoms with Gasteiger partial charge in [-0.05, 0) is 73.7 Å². The molecular formula is C21H27NO2S2. The molecule has 1 fully saturated rings. The van der Waals surface area contributed by atoms with E-state index < -0.39 is 0 Å². The van der Waals surface area contributed by atoms with Gasteiger partial charge in [0, 0.05) is 27.9 Å². The molecule has 0 spiro atoms. The van der Waals surface area contributed by atoms with Crippen molar-refractivity contribution in [1.29, 1.82) is 0 Å². The van der Waals surface area contributed by atoms with Gasteiger partial charge in [-0.1, -0.05) is 6.08 Å². The average molecular weight is 390 g/mol. The summed E-state index contributed by atoms with van der Waals surface area (Å²) in [7, 11) is 1.48. The van der Waals surface area contributed by atoms with E-state index in [1.54, 1.807) is 0 Å². The third-order valence-electron chi connectivity index (χ3n) is 5.11. The van der Waals surface area contributed by atoms with Gasteiger partial charge in [-0.3, -0.25) is 9.69 Å². The number of rotatable bonds is 7. The summed E-state index contributed by atoms with van der Waals surface area (Å²) < 4.78 is 4.85. The van der Waals surface area contributed by atoms with Crippen LogP contribution in [0.5, 0.6) is 0 Å². The highest BCUT2D eigenvalue weighted by atomic mass is 32.1. The molecule has 1 atom stereocenters. The highest BCUT2D eigenvalue weighted by molar-refractivity contribution is 7.14. The molecule has 26 heavy (non-hydrogen) atoms. The highest BCUT2D eigenvalue weighted by Crippen LogP contribution is 2.35. The molecule has 0 aliphatic carbocycles. The second kappa shape index (κ2) is 8.98. The third-order valence-corrected chi connectivity index (χ3v) is 7.21. The minimum Gasteiger partial charge on any atom is -0.469 e. The molecule has 3 heterocycles. The number of nitrogens with zero attached hydrogens (tertiary/aromatic N) is 1. The van der Waals surface area contributed by atoms with Crippen LogP contribution < -0.4 is 0 Å². The van der Waals surface area contributed by atoms with Crippen molar-refractivity contribution in [3.8, 4) is 0 Å². The van der Waals surface area contributed by atoms with E-state index >= 15 is 0 Å². The molecule has 1 aliphatic heterocycles. The van der Waals surface area contributed by atoms with Crippen LogP contribution in [0.15, 0.2) is 29.0 Å². The van der Waals surface area contributed by atoms with Gasteiger partial charge in [-0.2, -0.15) is 0 Å². The molecule has 1 aliphatic rings. The molecule has 1 saturated heterocycles. The zero-order valence-corrected chi connectivity index (χ0v) is 17.4. The van der Waals surface area contributed by atoms with Crippen LogP contribution in [0.25, 0.3) is 5.57 Å². The summed E-state index contributed by atoms with van der Waals surface area (Å²) in [6, 6.07) is 4.74. The van der Waals surface area contributed by atoms with Crippen molar-refractivity contribution < 1.29 is 9.53 Å². The second-order valence-corrected chi connectivity index (χ2v) is 8.72. The first-order chi connectivity index (χ1) is 12.6. The Bertz CT molecular complexity index is 732. The number of carbonyl (C=O) groups excluding carboxylic acids is 1. The van der Waals surface area contributed by atoms with Crippen LogP contribution in [0.2, 0.25) is 0 Å². The summed E-state index contributed by atoms with van der Waals surface area (Å²) in [5.74, 6) is -0.0958. The van der Waals surface area contributed by atoms with Crippen LogP contribution >= 0.6 is 22.7 Å². The Labute approximate surface area is 164 Å². The SMILES string of the molecule is COC(=O)C[C@@H]1CCCN1CCC=C(c1sccc1C)c1sccc1C.